The average Bonchev–Trinajstić information content (AvgIpc) is 3.16. The van der Waals surface area contributed by atoms with Crippen LogP contribution in [-0.2, 0) is 14.8 Å². The van der Waals surface area contributed by atoms with Crippen LogP contribution in [0.2, 0.25) is 0 Å². The molecule has 0 aliphatic heterocycles. The second kappa shape index (κ2) is 8.05. The van der Waals surface area contributed by atoms with Gasteiger partial charge >= 0.3 is 0 Å². The van der Waals surface area contributed by atoms with Gasteiger partial charge in [0.1, 0.15) is 0 Å². The van der Waals surface area contributed by atoms with Gasteiger partial charge in [-0.15, -0.1) is 0 Å². The lowest BCUT2D eigenvalue weighted by Gasteiger charge is -2.30. The predicted molar refractivity (Wildman–Crippen MR) is 110 cm³/mol. The van der Waals surface area contributed by atoms with E-state index in [1.54, 1.807) is 31.6 Å². The van der Waals surface area contributed by atoms with Crippen molar-refractivity contribution >= 4 is 21.6 Å². The third-order valence-corrected chi connectivity index (χ3v) is 7.39. The molecule has 28 heavy (non-hydrogen) atoms. The summed E-state index contributed by atoms with van der Waals surface area (Å²) in [6.45, 7) is 5.06. The van der Waals surface area contributed by atoms with Crippen molar-refractivity contribution in [3.8, 4) is 5.69 Å². The van der Waals surface area contributed by atoms with Crippen LogP contribution in [0.15, 0.2) is 42.7 Å². The summed E-state index contributed by atoms with van der Waals surface area (Å²) >= 11 is 0. The molecule has 1 aromatic heterocycles. The maximum Gasteiger partial charge on any atom is 0.227 e. The number of nitrogens with one attached hydrogen (secondary N) is 2. The van der Waals surface area contributed by atoms with Gasteiger partial charge in [0.05, 0.1) is 10.4 Å². The van der Waals surface area contributed by atoms with E-state index in [1.807, 2.05) is 36.5 Å². The van der Waals surface area contributed by atoms with E-state index in [-0.39, 0.29) is 17.9 Å². The number of hydrogen-bond donors (Lipinski definition) is 2. The third kappa shape index (κ3) is 4.80. The summed E-state index contributed by atoms with van der Waals surface area (Å²) in [6.07, 6.45) is 6.27. The van der Waals surface area contributed by atoms with Crippen LogP contribution in [0.3, 0.4) is 0 Å². The second-order valence-corrected chi connectivity index (χ2v) is 10.7. The molecule has 0 radical (unpaired) electrons. The van der Waals surface area contributed by atoms with Crippen LogP contribution in [0.1, 0.15) is 46.5 Å². The van der Waals surface area contributed by atoms with E-state index in [0.717, 1.165) is 11.4 Å². The SMILES string of the molecule is CC(C)(C)S(=O)(=O)NC1CCC(C(=O)Nc2ccc(-n3cccn3)cc2)CC1. The topological polar surface area (TPSA) is 93.1 Å². The molecule has 1 amide bonds. The Morgan fingerprint density at radius 3 is 2.29 bits per heavy atom. The van der Waals surface area contributed by atoms with Crippen molar-refractivity contribution in [1.29, 1.82) is 0 Å². The highest BCUT2D eigenvalue weighted by molar-refractivity contribution is 7.90. The first-order chi connectivity index (χ1) is 13.2. The molecular formula is C20H28N4O3S. The Hall–Kier alpha value is -2.19. The zero-order valence-electron chi connectivity index (χ0n) is 16.6. The van der Waals surface area contributed by atoms with Crippen LogP contribution in [-0.4, -0.2) is 34.9 Å². The summed E-state index contributed by atoms with van der Waals surface area (Å²) in [4.78, 5) is 12.6. The van der Waals surface area contributed by atoms with Gasteiger partial charge in [-0.25, -0.2) is 17.8 Å². The van der Waals surface area contributed by atoms with E-state index >= 15 is 0 Å². The summed E-state index contributed by atoms with van der Waals surface area (Å²) in [5, 5.41) is 7.14. The number of carbonyl (C=O) groups is 1. The van der Waals surface area contributed by atoms with Crippen molar-refractivity contribution in [2.24, 2.45) is 5.92 Å². The fourth-order valence-corrected chi connectivity index (χ4v) is 4.26. The number of amides is 1. The standard InChI is InChI=1S/C20H28N4O3S/c1-20(2,3)28(26,27)23-17-7-5-15(6-8-17)19(25)22-16-9-11-18(12-10-16)24-14-4-13-21-24/h4,9-15,17,23H,5-8H2,1-3H3,(H,22,25). The first-order valence-electron chi connectivity index (χ1n) is 9.58. The van der Waals surface area contributed by atoms with Gasteiger partial charge in [0.25, 0.3) is 0 Å². The van der Waals surface area contributed by atoms with Crippen molar-refractivity contribution in [3.63, 3.8) is 0 Å². The number of benzene rings is 1. The Kier molecular flexibility index (Phi) is 5.90. The van der Waals surface area contributed by atoms with Crippen LogP contribution in [0, 0.1) is 5.92 Å². The van der Waals surface area contributed by atoms with Gasteiger partial charge in [-0.1, -0.05) is 0 Å². The Morgan fingerprint density at radius 1 is 1.11 bits per heavy atom. The molecule has 1 saturated carbocycles. The fourth-order valence-electron chi connectivity index (χ4n) is 3.23. The summed E-state index contributed by atoms with van der Waals surface area (Å²) in [5.74, 6) is -0.106. The van der Waals surface area contributed by atoms with Gasteiger partial charge in [-0.3, -0.25) is 4.79 Å². The second-order valence-electron chi connectivity index (χ2n) is 8.27. The van der Waals surface area contributed by atoms with Gasteiger partial charge in [0, 0.05) is 30.0 Å². The Bertz CT molecular complexity index is 892. The highest BCUT2D eigenvalue weighted by Gasteiger charge is 2.34. The largest absolute Gasteiger partial charge is 0.326 e. The highest BCUT2D eigenvalue weighted by atomic mass is 32.2. The Labute approximate surface area is 166 Å². The van der Waals surface area contributed by atoms with Gasteiger partial charge in [0.2, 0.25) is 15.9 Å². The molecule has 2 N–H and O–H groups in total. The minimum Gasteiger partial charge on any atom is -0.326 e. The molecule has 0 spiro atoms. The lowest BCUT2D eigenvalue weighted by Crippen LogP contribution is -2.46. The molecule has 3 rings (SSSR count). The van der Waals surface area contributed by atoms with Crippen molar-refractivity contribution < 1.29 is 13.2 Å². The Balaban J connectivity index is 1.51. The summed E-state index contributed by atoms with van der Waals surface area (Å²) in [5.41, 5.74) is 1.67. The van der Waals surface area contributed by atoms with Crippen LogP contribution < -0.4 is 10.0 Å². The smallest absolute Gasteiger partial charge is 0.227 e. The lowest BCUT2D eigenvalue weighted by atomic mass is 9.86. The van der Waals surface area contributed by atoms with Gasteiger partial charge < -0.3 is 5.32 Å². The molecule has 0 saturated heterocycles. The first kappa shape index (κ1) is 20.5. The number of carbonyl (C=O) groups excluding carboxylic acids is 1. The minimum absolute atomic E-state index is 0.0102. The molecule has 2 aromatic rings. The van der Waals surface area contributed by atoms with Crippen molar-refractivity contribution in [1.82, 2.24) is 14.5 Å². The van der Waals surface area contributed by atoms with Crippen LogP contribution >= 0.6 is 0 Å². The quantitative estimate of drug-likeness (QED) is 0.801. The van der Waals surface area contributed by atoms with Crippen LogP contribution in [0.25, 0.3) is 5.69 Å². The number of hydrogen-bond acceptors (Lipinski definition) is 4. The molecule has 1 fully saturated rings. The molecule has 152 valence electrons. The first-order valence-corrected chi connectivity index (χ1v) is 11.1. The number of sulfonamides is 1. The summed E-state index contributed by atoms with van der Waals surface area (Å²) < 4.78 is 28.3. The molecule has 8 heteroatoms. The average molecular weight is 405 g/mol. The molecule has 1 aliphatic carbocycles. The normalized spacial score (nSPS) is 20.7. The van der Waals surface area contributed by atoms with Gasteiger partial charge in [-0.2, -0.15) is 5.10 Å². The van der Waals surface area contributed by atoms with E-state index in [4.69, 9.17) is 0 Å². The molecule has 0 bridgehead atoms. The number of nitrogens with zero attached hydrogens (tertiary/aromatic N) is 2. The Morgan fingerprint density at radius 2 is 1.75 bits per heavy atom. The van der Waals surface area contributed by atoms with Crippen molar-refractivity contribution in [2.45, 2.75) is 57.2 Å². The van der Waals surface area contributed by atoms with Gasteiger partial charge in [-0.05, 0) is 76.8 Å². The molecule has 1 heterocycles. The van der Waals surface area contributed by atoms with E-state index < -0.39 is 14.8 Å². The zero-order chi connectivity index (χ0) is 20.4. The van der Waals surface area contributed by atoms with Crippen LogP contribution in [0.5, 0.6) is 0 Å². The number of rotatable bonds is 5. The molecular weight excluding hydrogens is 376 g/mol. The zero-order valence-corrected chi connectivity index (χ0v) is 17.4. The van der Waals surface area contributed by atoms with E-state index in [9.17, 15) is 13.2 Å². The van der Waals surface area contributed by atoms with E-state index in [1.165, 1.54) is 0 Å². The summed E-state index contributed by atoms with van der Waals surface area (Å²) in [7, 11) is -3.36. The molecule has 7 nitrogen and oxygen atoms in total. The molecule has 1 aromatic carbocycles. The molecule has 0 atom stereocenters. The maximum atomic E-state index is 12.6. The molecule has 1 aliphatic rings. The summed E-state index contributed by atoms with van der Waals surface area (Å²) in [6, 6.07) is 9.28. The number of aromatic nitrogens is 2. The van der Waals surface area contributed by atoms with Crippen LogP contribution in [0.4, 0.5) is 5.69 Å². The molecule has 0 unspecified atom stereocenters. The highest BCUT2D eigenvalue weighted by Crippen LogP contribution is 2.27. The predicted octanol–water partition coefficient (Wildman–Crippen LogP) is 3.09. The van der Waals surface area contributed by atoms with Crippen molar-refractivity contribution in [3.05, 3.63) is 42.7 Å². The maximum absolute atomic E-state index is 12.6. The monoisotopic (exact) mass is 404 g/mol. The van der Waals surface area contributed by atoms with E-state index in [2.05, 4.69) is 15.1 Å². The van der Waals surface area contributed by atoms with E-state index in [0.29, 0.717) is 25.7 Å². The fraction of sp³-hybridized carbons (Fsp3) is 0.500. The minimum atomic E-state index is -3.36. The lowest BCUT2D eigenvalue weighted by molar-refractivity contribution is -0.120. The number of anilines is 1. The van der Waals surface area contributed by atoms with Crippen molar-refractivity contribution in [2.75, 3.05) is 5.32 Å². The third-order valence-electron chi connectivity index (χ3n) is 5.13. The van der Waals surface area contributed by atoms with Gasteiger partial charge in [0.15, 0.2) is 0 Å².